The van der Waals surface area contributed by atoms with E-state index in [9.17, 15) is 4.79 Å². The molecule has 0 radical (unpaired) electrons. The lowest BCUT2D eigenvalue weighted by Gasteiger charge is -2.26. The van der Waals surface area contributed by atoms with Crippen LogP contribution < -0.4 is 4.74 Å². The molecule has 0 aliphatic heterocycles. The van der Waals surface area contributed by atoms with Crippen LogP contribution in [0, 0.1) is 5.92 Å². The van der Waals surface area contributed by atoms with Crippen molar-refractivity contribution < 1.29 is 14.3 Å². The summed E-state index contributed by atoms with van der Waals surface area (Å²) in [6.45, 7) is 4.38. The Balaban J connectivity index is 1.55. The first-order valence-corrected chi connectivity index (χ1v) is 11.5. The van der Waals surface area contributed by atoms with Crippen LogP contribution in [-0.2, 0) is 16.1 Å². The number of benzene rings is 2. The van der Waals surface area contributed by atoms with Crippen molar-refractivity contribution in [1.29, 1.82) is 0 Å². The smallest absolute Gasteiger partial charge is 0.313 e. The fraction of sp³-hybridized carbons (Fsp3) is 0.357. The van der Waals surface area contributed by atoms with Crippen LogP contribution >= 0.6 is 0 Å². The van der Waals surface area contributed by atoms with Crippen molar-refractivity contribution in [3.05, 3.63) is 78.0 Å². The van der Waals surface area contributed by atoms with E-state index in [0.717, 1.165) is 46.3 Å². The van der Waals surface area contributed by atoms with Gasteiger partial charge in [-0.25, -0.2) is 4.98 Å². The summed E-state index contributed by atoms with van der Waals surface area (Å²) < 4.78 is 11.3. The van der Waals surface area contributed by atoms with Crippen LogP contribution in [0.4, 0.5) is 0 Å². The van der Waals surface area contributed by atoms with Crippen molar-refractivity contribution in [2.45, 2.75) is 51.0 Å². The van der Waals surface area contributed by atoms with Crippen LogP contribution in [0.3, 0.4) is 0 Å². The number of para-hydroxylation sites is 1. The second-order valence-electron chi connectivity index (χ2n) is 8.53. The van der Waals surface area contributed by atoms with Crippen molar-refractivity contribution in [3.63, 3.8) is 0 Å². The fourth-order valence-electron chi connectivity index (χ4n) is 4.79. The third-order valence-electron chi connectivity index (χ3n) is 6.48. The first kappa shape index (κ1) is 22.1. The van der Waals surface area contributed by atoms with Crippen molar-refractivity contribution in [2.75, 3.05) is 7.11 Å². The Labute approximate surface area is 190 Å². The Morgan fingerprint density at radius 2 is 1.88 bits per heavy atom. The maximum Gasteiger partial charge on any atom is 0.313 e. The number of hydrogen-bond acceptors (Lipinski definition) is 4. The van der Waals surface area contributed by atoms with Crippen LogP contribution in [0.1, 0.15) is 61.3 Å². The van der Waals surface area contributed by atoms with Gasteiger partial charge in [-0.1, -0.05) is 68.7 Å². The fourth-order valence-corrected chi connectivity index (χ4v) is 4.79. The molecule has 3 aromatic rings. The molecule has 0 N–H and O–H groups in total. The summed E-state index contributed by atoms with van der Waals surface area (Å²) in [6, 6.07) is 18.0. The minimum absolute atomic E-state index is 0.158. The van der Waals surface area contributed by atoms with Gasteiger partial charge >= 0.3 is 5.97 Å². The summed E-state index contributed by atoms with van der Waals surface area (Å²) in [7, 11) is 1.48. The molecule has 4 nitrogen and oxygen atoms in total. The molecule has 1 aliphatic carbocycles. The van der Waals surface area contributed by atoms with Gasteiger partial charge in [-0.2, -0.15) is 0 Å². The molecule has 1 aromatic heterocycles. The molecule has 1 unspecified atom stereocenters. The normalized spacial score (nSPS) is 15.7. The minimum Gasteiger partial charge on any atom is -0.487 e. The van der Waals surface area contributed by atoms with E-state index >= 15 is 0 Å². The number of hydrogen-bond donors (Lipinski definition) is 0. The second-order valence-corrected chi connectivity index (χ2v) is 8.53. The summed E-state index contributed by atoms with van der Waals surface area (Å²) in [4.78, 5) is 17.5. The Bertz CT molecular complexity index is 1080. The molecule has 1 saturated carbocycles. The standard InChI is InChI=1S/C28H31NO3/c1-3-20-18-24(32-19-23-15-14-21-10-8-9-13-26(21)29-23)16-17-25(20)27(28(30)31-2)22-11-6-4-5-7-12-22/h3,8-10,13-18,22,27H,1,4-7,11-12,19H2,2H3. The topological polar surface area (TPSA) is 48.4 Å². The third kappa shape index (κ3) is 5.01. The average molecular weight is 430 g/mol. The third-order valence-corrected chi connectivity index (χ3v) is 6.48. The van der Waals surface area contributed by atoms with Gasteiger partial charge in [-0.05, 0) is 54.2 Å². The highest BCUT2D eigenvalue weighted by Crippen LogP contribution is 2.38. The van der Waals surface area contributed by atoms with Crippen LogP contribution in [-0.4, -0.2) is 18.1 Å². The molecule has 1 atom stereocenters. The zero-order chi connectivity index (χ0) is 22.3. The Morgan fingerprint density at radius 3 is 2.62 bits per heavy atom. The number of ether oxygens (including phenoxy) is 2. The molecule has 1 fully saturated rings. The van der Waals surface area contributed by atoms with E-state index in [-0.39, 0.29) is 11.9 Å². The second kappa shape index (κ2) is 10.4. The zero-order valence-electron chi connectivity index (χ0n) is 18.8. The van der Waals surface area contributed by atoms with E-state index in [4.69, 9.17) is 9.47 Å². The highest BCUT2D eigenvalue weighted by molar-refractivity contribution is 5.80. The number of pyridine rings is 1. The van der Waals surface area contributed by atoms with E-state index in [1.54, 1.807) is 0 Å². The number of aromatic nitrogens is 1. The molecule has 2 aromatic carbocycles. The number of rotatable bonds is 7. The molecule has 1 aliphatic rings. The molecular formula is C28H31NO3. The molecule has 0 bridgehead atoms. The van der Waals surface area contributed by atoms with Gasteiger partial charge in [0.15, 0.2) is 0 Å². The Morgan fingerprint density at radius 1 is 1.09 bits per heavy atom. The maximum absolute atomic E-state index is 12.8. The van der Waals surface area contributed by atoms with E-state index in [0.29, 0.717) is 12.5 Å². The van der Waals surface area contributed by atoms with Crippen LogP contribution in [0.5, 0.6) is 5.75 Å². The SMILES string of the molecule is C=Cc1cc(OCc2ccc3ccccc3n2)ccc1C(C(=O)OC)C1CCCCCC1. The maximum atomic E-state index is 12.8. The van der Waals surface area contributed by atoms with Gasteiger partial charge in [0.1, 0.15) is 12.4 Å². The lowest BCUT2D eigenvalue weighted by Crippen LogP contribution is -2.24. The lowest BCUT2D eigenvalue weighted by atomic mass is 9.79. The number of esters is 1. The molecule has 0 amide bonds. The van der Waals surface area contributed by atoms with E-state index in [2.05, 4.69) is 17.6 Å². The minimum atomic E-state index is -0.262. The predicted octanol–water partition coefficient (Wildman–Crippen LogP) is 6.68. The van der Waals surface area contributed by atoms with Gasteiger partial charge < -0.3 is 9.47 Å². The molecule has 32 heavy (non-hydrogen) atoms. The molecule has 166 valence electrons. The molecular weight excluding hydrogens is 398 g/mol. The number of fused-ring (bicyclic) bond motifs is 1. The highest BCUT2D eigenvalue weighted by atomic mass is 16.5. The average Bonchev–Trinajstić information content (AvgIpc) is 3.12. The van der Waals surface area contributed by atoms with Gasteiger partial charge in [0.2, 0.25) is 0 Å². The van der Waals surface area contributed by atoms with Crippen LogP contribution in [0.15, 0.2) is 61.2 Å². The molecule has 1 heterocycles. The number of carbonyl (C=O) groups excluding carboxylic acids is 1. The summed E-state index contributed by atoms with van der Waals surface area (Å²) >= 11 is 0. The summed E-state index contributed by atoms with van der Waals surface area (Å²) in [5.41, 5.74) is 3.74. The van der Waals surface area contributed by atoms with Crippen molar-refractivity contribution in [1.82, 2.24) is 4.98 Å². The van der Waals surface area contributed by atoms with Crippen molar-refractivity contribution in [3.8, 4) is 5.75 Å². The van der Waals surface area contributed by atoms with Gasteiger partial charge in [0.25, 0.3) is 0 Å². The largest absolute Gasteiger partial charge is 0.487 e. The molecule has 0 spiro atoms. The summed E-state index contributed by atoms with van der Waals surface area (Å²) in [5, 5.41) is 1.11. The van der Waals surface area contributed by atoms with Gasteiger partial charge in [-0.3, -0.25) is 4.79 Å². The van der Waals surface area contributed by atoms with Crippen molar-refractivity contribution >= 4 is 22.9 Å². The predicted molar refractivity (Wildman–Crippen MR) is 129 cm³/mol. The van der Waals surface area contributed by atoms with Gasteiger partial charge in [-0.15, -0.1) is 0 Å². The number of methoxy groups -OCH3 is 1. The molecule has 4 heteroatoms. The molecule has 0 saturated heterocycles. The quantitative estimate of drug-likeness (QED) is 0.310. The van der Waals surface area contributed by atoms with E-state index in [1.807, 2.05) is 54.6 Å². The van der Waals surface area contributed by atoms with Gasteiger partial charge in [0, 0.05) is 5.39 Å². The molecule has 4 rings (SSSR count). The van der Waals surface area contributed by atoms with E-state index in [1.165, 1.54) is 32.8 Å². The van der Waals surface area contributed by atoms with Crippen LogP contribution in [0.2, 0.25) is 0 Å². The summed E-state index contributed by atoms with van der Waals surface area (Å²) in [5.74, 6) is 0.622. The van der Waals surface area contributed by atoms with Crippen LogP contribution in [0.25, 0.3) is 17.0 Å². The summed E-state index contributed by atoms with van der Waals surface area (Å²) in [6.07, 6.45) is 8.75. The Kier molecular flexibility index (Phi) is 7.21. The highest BCUT2D eigenvalue weighted by Gasteiger charge is 2.32. The first-order chi connectivity index (χ1) is 15.7. The Hall–Kier alpha value is -3.14. The monoisotopic (exact) mass is 429 g/mol. The lowest BCUT2D eigenvalue weighted by molar-refractivity contribution is -0.144. The van der Waals surface area contributed by atoms with Crippen molar-refractivity contribution in [2.24, 2.45) is 5.92 Å². The zero-order valence-corrected chi connectivity index (χ0v) is 18.8. The van der Waals surface area contributed by atoms with E-state index < -0.39 is 0 Å². The number of carbonyl (C=O) groups is 1. The first-order valence-electron chi connectivity index (χ1n) is 11.5. The number of nitrogens with zero attached hydrogens (tertiary/aromatic N) is 1. The van der Waals surface area contributed by atoms with Gasteiger partial charge in [0.05, 0.1) is 24.2 Å².